The molecule has 0 spiro atoms. The highest BCUT2D eigenvalue weighted by atomic mass is 16.5. The van der Waals surface area contributed by atoms with Gasteiger partial charge in [-0.3, -0.25) is 4.79 Å². The second kappa shape index (κ2) is 4.82. The average molecular weight is 254 g/mol. The Balaban J connectivity index is 2.00. The van der Waals surface area contributed by atoms with E-state index < -0.39 is 0 Å². The van der Waals surface area contributed by atoms with Gasteiger partial charge in [-0.05, 0) is 29.3 Å². The molecule has 2 aromatic rings. The van der Waals surface area contributed by atoms with Gasteiger partial charge in [0, 0.05) is 24.8 Å². The molecule has 0 saturated heterocycles. The quantitative estimate of drug-likeness (QED) is 0.850. The monoisotopic (exact) mass is 254 g/mol. The van der Waals surface area contributed by atoms with Crippen molar-refractivity contribution in [3.8, 4) is 5.75 Å². The number of carbonyl (C=O) groups excluding carboxylic acids is 1. The molecule has 1 aromatic heterocycles. The summed E-state index contributed by atoms with van der Waals surface area (Å²) in [6.45, 7) is 1.69. The number of carbonyl (C=O) groups is 1. The van der Waals surface area contributed by atoms with E-state index in [0.717, 1.165) is 13.1 Å². The van der Waals surface area contributed by atoms with Gasteiger partial charge >= 0.3 is 0 Å². The number of benzene rings is 1. The molecule has 0 aliphatic carbocycles. The van der Waals surface area contributed by atoms with Crippen LogP contribution in [-0.2, 0) is 13.1 Å². The highest BCUT2D eigenvalue weighted by Crippen LogP contribution is 2.22. The largest absolute Gasteiger partial charge is 0.494 e. The summed E-state index contributed by atoms with van der Waals surface area (Å²) in [5.41, 5.74) is 3.45. The van der Waals surface area contributed by atoms with Gasteiger partial charge in [-0.25, -0.2) is 4.98 Å². The predicted octanol–water partition coefficient (Wildman–Crippen LogP) is 1.92. The van der Waals surface area contributed by atoms with Gasteiger partial charge < -0.3 is 10.1 Å². The summed E-state index contributed by atoms with van der Waals surface area (Å²) >= 11 is 0. The fraction of sp³-hybridized carbons (Fsp3) is 0.200. The summed E-state index contributed by atoms with van der Waals surface area (Å²) < 4.78 is 5.18. The number of nitrogens with zero attached hydrogens (tertiary/aromatic N) is 1. The van der Waals surface area contributed by atoms with Crippen LogP contribution < -0.4 is 10.1 Å². The second-order valence-corrected chi connectivity index (χ2v) is 4.47. The zero-order valence-corrected chi connectivity index (χ0v) is 10.6. The van der Waals surface area contributed by atoms with Crippen LogP contribution in [0.25, 0.3) is 0 Å². The summed E-state index contributed by atoms with van der Waals surface area (Å²) in [7, 11) is 1.54. The Labute approximate surface area is 111 Å². The lowest BCUT2D eigenvalue weighted by molar-refractivity contribution is 0.103. The lowest BCUT2D eigenvalue weighted by Crippen LogP contribution is -2.07. The standard InChI is InChI=1S/C15H14N2O2/c1-19-13-3-2-6-17-14(13)15(18)10-4-5-11-8-16-9-12(11)7-10/h2-7,16H,8-9H2,1H3. The maximum Gasteiger partial charge on any atom is 0.215 e. The van der Waals surface area contributed by atoms with Crippen LogP contribution in [0.1, 0.15) is 27.2 Å². The number of fused-ring (bicyclic) bond motifs is 1. The van der Waals surface area contributed by atoms with Crippen LogP contribution in [0.2, 0.25) is 0 Å². The first-order valence-corrected chi connectivity index (χ1v) is 6.16. The number of pyridine rings is 1. The Morgan fingerprint density at radius 3 is 2.95 bits per heavy atom. The van der Waals surface area contributed by atoms with Crippen LogP contribution in [0.15, 0.2) is 36.5 Å². The Bertz CT molecular complexity index is 638. The molecule has 0 amide bonds. The molecule has 3 rings (SSSR count). The van der Waals surface area contributed by atoms with Gasteiger partial charge in [-0.1, -0.05) is 12.1 Å². The molecular weight excluding hydrogens is 240 g/mol. The number of ether oxygens (including phenoxy) is 1. The van der Waals surface area contributed by atoms with Crippen molar-refractivity contribution in [3.63, 3.8) is 0 Å². The second-order valence-electron chi connectivity index (χ2n) is 4.47. The summed E-state index contributed by atoms with van der Waals surface area (Å²) in [5, 5.41) is 3.26. The molecule has 4 heteroatoms. The van der Waals surface area contributed by atoms with E-state index in [0.29, 0.717) is 17.0 Å². The molecular formula is C15H14N2O2. The third-order valence-electron chi connectivity index (χ3n) is 3.31. The number of rotatable bonds is 3. The van der Waals surface area contributed by atoms with Crippen LogP contribution in [-0.4, -0.2) is 17.9 Å². The van der Waals surface area contributed by atoms with Crippen molar-refractivity contribution in [1.29, 1.82) is 0 Å². The number of aromatic nitrogens is 1. The van der Waals surface area contributed by atoms with E-state index in [-0.39, 0.29) is 5.78 Å². The van der Waals surface area contributed by atoms with Crippen LogP contribution in [0.5, 0.6) is 5.75 Å². The first-order valence-electron chi connectivity index (χ1n) is 6.16. The van der Waals surface area contributed by atoms with E-state index in [4.69, 9.17) is 4.74 Å². The average Bonchev–Trinajstić information content (AvgIpc) is 2.93. The summed E-state index contributed by atoms with van der Waals surface area (Å²) in [6, 6.07) is 9.28. The maximum absolute atomic E-state index is 12.5. The third kappa shape index (κ3) is 2.11. The molecule has 0 fully saturated rings. The lowest BCUT2D eigenvalue weighted by Gasteiger charge is -2.07. The number of methoxy groups -OCH3 is 1. The van der Waals surface area contributed by atoms with E-state index in [1.54, 1.807) is 25.4 Å². The van der Waals surface area contributed by atoms with Crippen molar-refractivity contribution >= 4 is 5.78 Å². The van der Waals surface area contributed by atoms with Crippen molar-refractivity contribution < 1.29 is 9.53 Å². The first-order chi connectivity index (χ1) is 9.29. The van der Waals surface area contributed by atoms with E-state index >= 15 is 0 Å². The zero-order chi connectivity index (χ0) is 13.2. The van der Waals surface area contributed by atoms with Crippen molar-refractivity contribution in [2.24, 2.45) is 0 Å². The lowest BCUT2D eigenvalue weighted by atomic mass is 10.0. The minimum atomic E-state index is -0.104. The normalized spacial score (nSPS) is 13.1. The summed E-state index contributed by atoms with van der Waals surface area (Å²) in [6.07, 6.45) is 1.60. The van der Waals surface area contributed by atoms with E-state index in [9.17, 15) is 4.79 Å². The van der Waals surface area contributed by atoms with Crippen LogP contribution in [0, 0.1) is 0 Å². The molecule has 1 N–H and O–H groups in total. The smallest absolute Gasteiger partial charge is 0.215 e. The fourth-order valence-corrected chi connectivity index (χ4v) is 2.30. The number of hydrogen-bond acceptors (Lipinski definition) is 4. The molecule has 0 unspecified atom stereocenters. The topological polar surface area (TPSA) is 51.2 Å². The van der Waals surface area contributed by atoms with Gasteiger partial charge in [0.1, 0.15) is 5.75 Å². The molecule has 0 saturated carbocycles. The third-order valence-corrected chi connectivity index (χ3v) is 3.31. The van der Waals surface area contributed by atoms with Gasteiger partial charge in [0.25, 0.3) is 0 Å². The molecule has 2 heterocycles. The van der Waals surface area contributed by atoms with Gasteiger partial charge in [0.05, 0.1) is 7.11 Å². The SMILES string of the molecule is COc1cccnc1C(=O)c1ccc2c(c1)CNC2. The van der Waals surface area contributed by atoms with Gasteiger partial charge in [0.2, 0.25) is 5.78 Å². The minimum absolute atomic E-state index is 0.104. The van der Waals surface area contributed by atoms with E-state index in [1.165, 1.54) is 11.1 Å². The highest BCUT2D eigenvalue weighted by molar-refractivity contribution is 6.09. The molecule has 96 valence electrons. The van der Waals surface area contributed by atoms with Crippen LogP contribution in [0.3, 0.4) is 0 Å². The molecule has 1 aromatic carbocycles. The Hall–Kier alpha value is -2.20. The van der Waals surface area contributed by atoms with E-state index in [2.05, 4.69) is 10.3 Å². The number of ketones is 1. The molecule has 0 atom stereocenters. The number of nitrogens with one attached hydrogen (secondary N) is 1. The zero-order valence-electron chi connectivity index (χ0n) is 10.6. The molecule has 19 heavy (non-hydrogen) atoms. The molecule has 1 aliphatic rings. The molecule has 0 radical (unpaired) electrons. The van der Waals surface area contributed by atoms with Crippen LogP contribution >= 0.6 is 0 Å². The van der Waals surface area contributed by atoms with Crippen molar-refractivity contribution in [2.45, 2.75) is 13.1 Å². The van der Waals surface area contributed by atoms with Gasteiger partial charge in [-0.2, -0.15) is 0 Å². The predicted molar refractivity (Wildman–Crippen MR) is 71.2 cm³/mol. The van der Waals surface area contributed by atoms with Gasteiger partial charge in [-0.15, -0.1) is 0 Å². The van der Waals surface area contributed by atoms with E-state index in [1.807, 2.05) is 18.2 Å². The van der Waals surface area contributed by atoms with Crippen LogP contribution in [0.4, 0.5) is 0 Å². The fourth-order valence-electron chi connectivity index (χ4n) is 2.30. The van der Waals surface area contributed by atoms with Crippen molar-refractivity contribution in [1.82, 2.24) is 10.3 Å². The van der Waals surface area contributed by atoms with Crippen molar-refractivity contribution in [3.05, 3.63) is 58.9 Å². The minimum Gasteiger partial charge on any atom is -0.494 e. The summed E-state index contributed by atoms with van der Waals surface area (Å²) in [4.78, 5) is 16.6. The molecule has 4 nitrogen and oxygen atoms in total. The molecule has 0 bridgehead atoms. The van der Waals surface area contributed by atoms with Gasteiger partial charge in [0.15, 0.2) is 5.69 Å². The first kappa shape index (κ1) is 11.9. The molecule has 1 aliphatic heterocycles. The summed E-state index contributed by atoms with van der Waals surface area (Å²) in [5.74, 6) is 0.401. The Morgan fingerprint density at radius 1 is 1.26 bits per heavy atom. The Kier molecular flexibility index (Phi) is 3.01. The maximum atomic E-state index is 12.5. The Morgan fingerprint density at radius 2 is 2.11 bits per heavy atom. The number of hydrogen-bond donors (Lipinski definition) is 1. The highest BCUT2D eigenvalue weighted by Gasteiger charge is 2.18. The van der Waals surface area contributed by atoms with Crippen molar-refractivity contribution in [2.75, 3.05) is 7.11 Å².